The Morgan fingerprint density at radius 3 is 2.21 bits per heavy atom. The lowest BCUT2D eigenvalue weighted by molar-refractivity contribution is -0.137. The standard InChI is InChI=1S/C19H21F3N2O3S/c1-13-6-4-7-14(2)18(13)23-17(25)11-24(3)28(26,27)12-15-8-5-9-16(10-15)19(20,21)22/h4-10H,11-12H2,1-3H3,(H,23,25). The molecule has 28 heavy (non-hydrogen) atoms. The number of benzene rings is 2. The fourth-order valence-corrected chi connectivity index (χ4v) is 3.78. The van der Waals surface area contributed by atoms with Crippen molar-refractivity contribution in [1.82, 2.24) is 4.31 Å². The molecule has 0 unspecified atom stereocenters. The zero-order valence-electron chi connectivity index (χ0n) is 15.7. The number of hydrogen-bond donors (Lipinski definition) is 1. The Bertz CT molecular complexity index is 952. The molecule has 1 N–H and O–H groups in total. The first-order valence-electron chi connectivity index (χ1n) is 8.36. The van der Waals surface area contributed by atoms with Gasteiger partial charge in [-0.2, -0.15) is 17.5 Å². The monoisotopic (exact) mass is 414 g/mol. The quantitative estimate of drug-likeness (QED) is 0.784. The van der Waals surface area contributed by atoms with E-state index in [9.17, 15) is 26.4 Å². The molecule has 0 aromatic heterocycles. The van der Waals surface area contributed by atoms with Gasteiger partial charge in [-0.1, -0.05) is 36.4 Å². The number of rotatable bonds is 6. The molecule has 2 aromatic carbocycles. The van der Waals surface area contributed by atoms with E-state index in [1.165, 1.54) is 13.1 Å². The van der Waals surface area contributed by atoms with Gasteiger partial charge < -0.3 is 5.32 Å². The van der Waals surface area contributed by atoms with Crippen molar-refractivity contribution in [2.75, 3.05) is 18.9 Å². The third-order valence-corrected chi connectivity index (χ3v) is 5.97. The maximum absolute atomic E-state index is 12.8. The molecule has 0 atom stereocenters. The SMILES string of the molecule is Cc1cccc(C)c1NC(=O)CN(C)S(=O)(=O)Cc1cccc(C(F)(F)F)c1. The number of carbonyl (C=O) groups is 1. The van der Waals surface area contributed by atoms with Gasteiger partial charge in [-0.15, -0.1) is 0 Å². The van der Waals surface area contributed by atoms with Crippen LogP contribution < -0.4 is 5.32 Å². The van der Waals surface area contributed by atoms with E-state index in [0.29, 0.717) is 5.69 Å². The zero-order chi connectivity index (χ0) is 21.1. The second kappa shape index (κ2) is 8.32. The Morgan fingerprint density at radius 1 is 1.07 bits per heavy atom. The highest BCUT2D eigenvalue weighted by molar-refractivity contribution is 7.88. The smallest absolute Gasteiger partial charge is 0.324 e. The average molecular weight is 414 g/mol. The number of carbonyl (C=O) groups excluding carboxylic acids is 1. The molecule has 0 saturated carbocycles. The van der Waals surface area contributed by atoms with E-state index >= 15 is 0 Å². The molecule has 0 saturated heterocycles. The first-order chi connectivity index (χ1) is 12.9. The van der Waals surface area contributed by atoms with Crippen LogP contribution in [0.3, 0.4) is 0 Å². The summed E-state index contributed by atoms with van der Waals surface area (Å²) in [7, 11) is -2.76. The topological polar surface area (TPSA) is 66.5 Å². The van der Waals surface area contributed by atoms with Crippen molar-refractivity contribution in [3.05, 3.63) is 64.7 Å². The number of sulfonamides is 1. The van der Waals surface area contributed by atoms with Crippen LogP contribution in [0, 0.1) is 13.8 Å². The number of aryl methyl sites for hydroxylation is 2. The van der Waals surface area contributed by atoms with Crippen molar-refractivity contribution >= 4 is 21.6 Å². The van der Waals surface area contributed by atoms with Crippen LogP contribution in [-0.4, -0.2) is 32.2 Å². The molecule has 152 valence electrons. The summed E-state index contributed by atoms with van der Waals surface area (Å²) in [6.07, 6.45) is -4.56. The molecular formula is C19H21F3N2O3S. The largest absolute Gasteiger partial charge is 0.416 e. The van der Waals surface area contributed by atoms with Gasteiger partial charge in [-0.25, -0.2) is 8.42 Å². The zero-order valence-corrected chi connectivity index (χ0v) is 16.5. The summed E-state index contributed by atoms with van der Waals surface area (Å²) in [5.74, 6) is -1.17. The minimum absolute atomic E-state index is 0.00293. The molecular weight excluding hydrogens is 393 g/mol. The number of halogens is 3. The normalized spacial score (nSPS) is 12.2. The predicted octanol–water partition coefficient (Wildman–Crippen LogP) is 3.72. The van der Waals surface area contributed by atoms with E-state index in [1.54, 1.807) is 0 Å². The summed E-state index contributed by atoms with van der Waals surface area (Å²) in [5, 5.41) is 2.68. The lowest BCUT2D eigenvalue weighted by atomic mass is 10.1. The molecule has 1 amide bonds. The number of anilines is 1. The lowest BCUT2D eigenvalue weighted by Crippen LogP contribution is -2.35. The van der Waals surface area contributed by atoms with Crippen molar-refractivity contribution in [3.8, 4) is 0 Å². The van der Waals surface area contributed by atoms with Gasteiger partial charge in [0.05, 0.1) is 17.9 Å². The van der Waals surface area contributed by atoms with E-state index in [-0.39, 0.29) is 5.56 Å². The highest BCUT2D eigenvalue weighted by Gasteiger charge is 2.31. The van der Waals surface area contributed by atoms with E-state index in [2.05, 4.69) is 5.32 Å². The van der Waals surface area contributed by atoms with Crippen molar-refractivity contribution < 1.29 is 26.4 Å². The summed E-state index contributed by atoms with van der Waals surface area (Å²) in [6.45, 7) is 3.18. The van der Waals surface area contributed by atoms with E-state index in [0.717, 1.165) is 33.6 Å². The van der Waals surface area contributed by atoms with Crippen LogP contribution in [0.1, 0.15) is 22.3 Å². The third-order valence-electron chi connectivity index (χ3n) is 4.19. The maximum Gasteiger partial charge on any atom is 0.416 e. The summed E-state index contributed by atoms with van der Waals surface area (Å²) in [5.41, 5.74) is 1.36. The predicted molar refractivity (Wildman–Crippen MR) is 101 cm³/mol. The van der Waals surface area contributed by atoms with Crippen LogP contribution >= 0.6 is 0 Å². The minimum Gasteiger partial charge on any atom is -0.324 e. The van der Waals surface area contributed by atoms with Crippen LogP contribution in [0.15, 0.2) is 42.5 Å². The van der Waals surface area contributed by atoms with Crippen molar-refractivity contribution in [2.45, 2.75) is 25.8 Å². The van der Waals surface area contributed by atoms with Crippen molar-refractivity contribution in [1.29, 1.82) is 0 Å². The summed E-state index contributed by atoms with van der Waals surface area (Å²) >= 11 is 0. The number of hydrogen-bond acceptors (Lipinski definition) is 3. The Hall–Kier alpha value is -2.39. The Balaban J connectivity index is 2.08. The molecule has 0 spiro atoms. The number of nitrogens with zero attached hydrogens (tertiary/aromatic N) is 1. The Morgan fingerprint density at radius 2 is 1.64 bits per heavy atom. The van der Waals surface area contributed by atoms with Gasteiger partial charge in [0.2, 0.25) is 15.9 Å². The highest BCUT2D eigenvalue weighted by atomic mass is 32.2. The molecule has 0 radical (unpaired) electrons. The first-order valence-corrected chi connectivity index (χ1v) is 9.97. The molecule has 0 aliphatic carbocycles. The Labute approximate surface area is 162 Å². The summed E-state index contributed by atoms with van der Waals surface area (Å²) in [6, 6.07) is 9.60. The van der Waals surface area contributed by atoms with Gasteiger partial charge in [0.15, 0.2) is 0 Å². The maximum atomic E-state index is 12.8. The molecule has 5 nitrogen and oxygen atoms in total. The molecule has 0 aliphatic heterocycles. The average Bonchev–Trinajstić information content (AvgIpc) is 2.57. The van der Waals surface area contributed by atoms with Crippen LogP contribution in [0.4, 0.5) is 18.9 Å². The fourth-order valence-electron chi connectivity index (χ4n) is 2.65. The molecule has 9 heteroatoms. The number of likely N-dealkylation sites (N-methyl/N-ethyl adjacent to an activating group) is 1. The molecule has 0 heterocycles. The summed E-state index contributed by atoms with van der Waals surface area (Å²) in [4.78, 5) is 12.2. The van der Waals surface area contributed by atoms with Crippen molar-refractivity contribution in [2.24, 2.45) is 0 Å². The Kier molecular flexibility index (Phi) is 6.51. The second-order valence-electron chi connectivity index (χ2n) is 6.53. The lowest BCUT2D eigenvalue weighted by Gasteiger charge is -2.18. The molecule has 0 aliphatic rings. The van der Waals surface area contributed by atoms with Gasteiger partial charge in [0, 0.05) is 12.7 Å². The van der Waals surface area contributed by atoms with Crippen LogP contribution in [0.25, 0.3) is 0 Å². The van der Waals surface area contributed by atoms with Gasteiger partial charge >= 0.3 is 6.18 Å². The van der Waals surface area contributed by atoms with Gasteiger partial charge in [0.25, 0.3) is 0 Å². The molecule has 0 fully saturated rings. The third kappa shape index (κ3) is 5.56. The minimum atomic E-state index is -4.56. The van der Waals surface area contributed by atoms with E-state index in [1.807, 2.05) is 32.0 Å². The summed E-state index contributed by atoms with van der Waals surface area (Å²) < 4.78 is 64.1. The van der Waals surface area contributed by atoms with Gasteiger partial charge in [-0.3, -0.25) is 4.79 Å². The van der Waals surface area contributed by atoms with Gasteiger partial charge in [-0.05, 0) is 36.6 Å². The first kappa shape index (κ1) is 21.9. The van der Waals surface area contributed by atoms with Crippen molar-refractivity contribution in [3.63, 3.8) is 0 Å². The number of para-hydroxylation sites is 1. The second-order valence-corrected chi connectivity index (χ2v) is 8.60. The molecule has 2 aromatic rings. The molecule has 2 rings (SSSR count). The van der Waals surface area contributed by atoms with E-state index < -0.39 is 40.0 Å². The van der Waals surface area contributed by atoms with Crippen LogP contribution in [-0.2, 0) is 26.7 Å². The van der Waals surface area contributed by atoms with Crippen LogP contribution in [0.2, 0.25) is 0 Å². The highest BCUT2D eigenvalue weighted by Crippen LogP contribution is 2.30. The number of nitrogens with one attached hydrogen (secondary N) is 1. The van der Waals surface area contributed by atoms with Gasteiger partial charge in [0.1, 0.15) is 0 Å². The fraction of sp³-hybridized carbons (Fsp3) is 0.316. The number of amides is 1. The number of alkyl halides is 3. The van der Waals surface area contributed by atoms with Crippen LogP contribution in [0.5, 0.6) is 0 Å². The van der Waals surface area contributed by atoms with E-state index in [4.69, 9.17) is 0 Å². The molecule has 0 bridgehead atoms.